The monoisotopic (exact) mass is 328 g/mol. The molecule has 0 bridgehead atoms. The first-order chi connectivity index (χ1) is 11.6. The lowest BCUT2D eigenvalue weighted by molar-refractivity contribution is -0.129. The van der Waals surface area contributed by atoms with Crippen molar-refractivity contribution in [3.05, 3.63) is 24.3 Å². The van der Waals surface area contributed by atoms with Crippen LogP contribution in [0.25, 0.3) is 0 Å². The average Bonchev–Trinajstić information content (AvgIpc) is 3.14. The Labute approximate surface area is 144 Å². The Morgan fingerprint density at radius 3 is 2.29 bits per heavy atom. The smallest absolute Gasteiger partial charge is 0.219 e. The van der Waals surface area contributed by atoms with E-state index in [1.54, 1.807) is 6.92 Å². The summed E-state index contributed by atoms with van der Waals surface area (Å²) in [5, 5.41) is 0. The van der Waals surface area contributed by atoms with Crippen LogP contribution in [0.15, 0.2) is 24.3 Å². The van der Waals surface area contributed by atoms with Crippen LogP contribution in [-0.2, 0) is 4.79 Å². The number of hydrogen-bond acceptors (Lipinski definition) is 4. The molecule has 2 unspecified atom stereocenters. The molecule has 3 fully saturated rings. The Kier molecular flexibility index (Phi) is 4.12. The molecule has 3 saturated heterocycles. The minimum atomic E-state index is 0.190. The number of fused-ring (bicyclic) bond motifs is 1. The number of likely N-dealkylation sites (N-methyl/N-ethyl adjacent to an activating group) is 1. The molecule has 5 heteroatoms. The van der Waals surface area contributed by atoms with Crippen LogP contribution in [0.4, 0.5) is 11.4 Å². The molecule has 5 nitrogen and oxygen atoms in total. The molecule has 24 heavy (non-hydrogen) atoms. The van der Waals surface area contributed by atoms with Gasteiger partial charge in [-0.15, -0.1) is 0 Å². The summed E-state index contributed by atoms with van der Waals surface area (Å²) in [4.78, 5) is 20.8. The molecule has 1 aromatic carbocycles. The SMILES string of the molecule is CC(=O)N1CCN(c2ccc(N3CCC4CN(C)CC43)cc2)CC1. The predicted molar refractivity (Wildman–Crippen MR) is 97.6 cm³/mol. The second kappa shape index (κ2) is 6.28. The topological polar surface area (TPSA) is 30.0 Å². The van der Waals surface area contributed by atoms with Crippen molar-refractivity contribution in [3.8, 4) is 0 Å². The maximum Gasteiger partial charge on any atom is 0.219 e. The highest BCUT2D eigenvalue weighted by molar-refractivity contribution is 5.73. The van der Waals surface area contributed by atoms with Gasteiger partial charge in [0.05, 0.1) is 0 Å². The Balaban J connectivity index is 1.41. The molecule has 0 spiro atoms. The van der Waals surface area contributed by atoms with Crippen LogP contribution < -0.4 is 9.80 Å². The summed E-state index contributed by atoms with van der Waals surface area (Å²) in [5.74, 6) is 1.03. The van der Waals surface area contributed by atoms with E-state index in [0.717, 1.165) is 32.1 Å². The zero-order chi connectivity index (χ0) is 16.7. The van der Waals surface area contributed by atoms with E-state index in [1.165, 1.54) is 37.4 Å². The van der Waals surface area contributed by atoms with Crippen molar-refractivity contribution >= 4 is 17.3 Å². The van der Waals surface area contributed by atoms with Gasteiger partial charge in [-0.2, -0.15) is 0 Å². The number of benzene rings is 1. The number of anilines is 2. The number of amides is 1. The van der Waals surface area contributed by atoms with Gasteiger partial charge in [0.1, 0.15) is 0 Å². The molecule has 2 atom stereocenters. The van der Waals surface area contributed by atoms with Gasteiger partial charge in [0.2, 0.25) is 5.91 Å². The van der Waals surface area contributed by atoms with Gasteiger partial charge in [-0.25, -0.2) is 0 Å². The molecule has 0 aliphatic carbocycles. The summed E-state index contributed by atoms with van der Waals surface area (Å²) in [6, 6.07) is 9.77. The first-order valence-electron chi connectivity index (χ1n) is 9.17. The first kappa shape index (κ1) is 15.8. The molecule has 0 aromatic heterocycles. The number of nitrogens with zero attached hydrogens (tertiary/aromatic N) is 4. The van der Waals surface area contributed by atoms with Crippen LogP contribution in [-0.4, -0.2) is 74.6 Å². The van der Waals surface area contributed by atoms with Crippen LogP contribution in [0.2, 0.25) is 0 Å². The van der Waals surface area contributed by atoms with Crippen molar-refractivity contribution < 1.29 is 4.79 Å². The molecule has 0 N–H and O–H groups in total. The Morgan fingerprint density at radius 2 is 1.62 bits per heavy atom. The third-order valence-corrected chi connectivity index (χ3v) is 6.00. The van der Waals surface area contributed by atoms with Gasteiger partial charge in [0, 0.05) is 70.2 Å². The van der Waals surface area contributed by atoms with E-state index in [0.29, 0.717) is 6.04 Å². The third kappa shape index (κ3) is 2.86. The average molecular weight is 328 g/mol. The molecule has 3 heterocycles. The third-order valence-electron chi connectivity index (χ3n) is 6.00. The molecule has 1 amide bonds. The molecule has 130 valence electrons. The number of carbonyl (C=O) groups is 1. The summed E-state index contributed by atoms with van der Waals surface area (Å²) in [6.07, 6.45) is 1.32. The lowest BCUT2D eigenvalue weighted by Gasteiger charge is -2.36. The van der Waals surface area contributed by atoms with Gasteiger partial charge in [-0.3, -0.25) is 4.79 Å². The van der Waals surface area contributed by atoms with Gasteiger partial charge in [0.15, 0.2) is 0 Å². The summed E-state index contributed by atoms with van der Waals surface area (Å²) in [5.41, 5.74) is 2.64. The number of piperazine rings is 1. The van der Waals surface area contributed by atoms with E-state index in [2.05, 4.69) is 46.0 Å². The van der Waals surface area contributed by atoms with E-state index in [-0.39, 0.29) is 5.91 Å². The van der Waals surface area contributed by atoms with Gasteiger partial charge >= 0.3 is 0 Å². The molecular formula is C19H28N4O. The summed E-state index contributed by atoms with van der Waals surface area (Å²) in [6.45, 7) is 8.82. The van der Waals surface area contributed by atoms with E-state index in [4.69, 9.17) is 0 Å². The highest BCUT2D eigenvalue weighted by atomic mass is 16.2. The van der Waals surface area contributed by atoms with Crippen LogP contribution >= 0.6 is 0 Å². The molecule has 4 rings (SSSR count). The lowest BCUT2D eigenvalue weighted by Crippen LogP contribution is -2.48. The zero-order valence-corrected chi connectivity index (χ0v) is 14.8. The molecule has 0 radical (unpaired) electrons. The van der Waals surface area contributed by atoms with Crippen LogP contribution in [0.5, 0.6) is 0 Å². The van der Waals surface area contributed by atoms with E-state index >= 15 is 0 Å². The molecular weight excluding hydrogens is 300 g/mol. The number of rotatable bonds is 2. The fraction of sp³-hybridized carbons (Fsp3) is 0.632. The first-order valence-corrected chi connectivity index (χ1v) is 9.17. The predicted octanol–water partition coefficient (Wildman–Crippen LogP) is 1.50. The van der Waals surface area contributed by atoms with Gasteiger partial charge in [-0.1, -0.05) is 0 Å². The van der Waals surface area contributed by atoms with Gasteiger partial charge < -0.3 is 19.6 Å². The quantitative estimate of drug-likeness (QED) is 0.823. The maximum absolute atomic E-state index is 11.4. The fourth-order valence-electron chi connectivity index (χ4n) is 4.63. The van der Waals surface area contributed by atoms with Crippen LogP contribution in [0.3, 0.4) is 0 Å². The largest absolute Gasteiger partial charge is 0.368 e. The second-order valence-electron chi connectivity index (χ2n) is 7.54. The Bertz CT molecular complexity index is 594. The second-order valence-corrected chi connectivity index (χ2v) is 7.54. The minimum absolute atomic E-state index is 0.190. The lowest BCUT2D eigenvalue weighted by atomic mass is 10.0. The molecule has 0 saturated carbocycles. The van der Waals surface area contributed by atoms with Crippen molar-refractivity contribution in [1.82, 2.24) is 9.80 Å². The van der Waals surface area contributed by atoms with E-state index < -0.39 is 0 Å². The molecule has 1 aromatic rings. The highest BCUT2D eigenvalue weighted by Gasteiger charge is 2.39. The highest BCUT2D eigenvalue weighted by Crippen LogP contribution is 2.35. The van der Waals surface area contributed by atoms with Gasteiger partial charge in [-0.05, 0) is 43.7 Å². The van der Waals surface area contributed by atoms with Crippen molar-refractivity contribution in [1.29, 1.82) is 0 Å². The Morgan fingerprint density at radius 1 is 0.958 bits per heavy atom. The van der Waals surface area contributed by atoms with Crippen molar-refractivity contribution in [2.45, 2.75) is 19.4 Å². The van der Waals surface area contributed by atoms with Crippen molar-refractivity contribution in [2.75, 3.05) is 62.7 Å². The van der Waals surface area contributed by atoms with Crippen molar-refractivity contribution in [3.63, 3.8) is 0 Å². The van der Waals surface area contributed by atoms with Crippen molar-refractivity contribution in [2.24, 2.45) is 5.92 Å². The van der Waals surface area contributed by atoms with Crippen LogP contribution in [0, 0.1) is 5.92 Å². The summed E-state index contributed by atoms with van der Waals surface area (Å²) in [7, 11) is 2.24. The molecule has 3 aliphatic rings. The fourth-order valence-corrected chi connectivity index (χ4v) is 4.63. The number of likely N-dealkylation sites (tertiary alicyclic amines) is 1. The number of carbonyl (C=O) groups excluding carboxylic acids is 1. The standard InChI is InChI=1S/C19H28N4O/c1-15(24)21-9-11-22(12-10-21)17-3-5-18(6-4-17)23-8-7-16-13-20(2)14-19(16)23/h3-6,16,19H,7-14H2,1-2H3. The summed E-state index contributed by atoms with van der Waals surface area (Å²) >= 11 is 0. The number of hydrogen-bond donors (Lipinski definition) is 0. The van der Waals surface area contributed by atoms with E-state index in [1.807, 2.05) is 4.90 Å². The molecule has 3 aliphatic heterocycles. The maximum atomic E-state index is 11.4. The minimum Gasteiger partial charge on any atom is -0.368 e. The van der Waals surface area contributed by atoms with E-state index in [9.17, 15) is 4.79 Å². The van der Waals surface area contributed by atoms with Crippen LogP contribution in [0.1, 0.15) is 13.3 Å². The zero-order valence-electron chi connectivity index (χ0n) is 14.8. The van der Waals surface area contributed by atoms with Gasteiger partial charge in [0.25, 0.3) is 0 Å². The Hall–Kier alpha value is -1.75. The summed E-state index contributed by atoms with van der Waals surface area (Å²) < 4.78 is 0. The normalized spacial score (nSPS) is 27.7.